The van der Waals surface area contributed by atoms with Gasteiger partial charge in [0.1, 0.15) is 11.5 Å². The van der Waals surface area contributed by atoms with Gasteiger partial charge in [-0.15, -0.1) is 0 Å². The fraction of sp³-hybridized carbons (Fsp3) is 0.200. The summed E-state index contributed by atoms with van der Waals surface area (Å²) in [5, 5.41) is 5.77. The van der Waals surface area contributed by atoms with Crippen molar-refractivity contribution in [3.05, 3.63) is 82.3 Å². The van der Waals surface area contributed by atoms with E-state index in [4.69, 9.17) is 9.47 Å². The van der Waals surface area contributed by atoms with Crippen LogP contribution >= 0.6 is 15.9 Å². The van der Waals surface area contributed by atoms with Gasteiger partial charge < -0.3 is 20.1 Å². The fourth-order valence-corrected chi connectivity index (χ4v) is 3.42. The zero-order valence-corrected chi connectivity index (χ0v) is 19.9. The van der Waals surface area contributed by atoms with Gasteiger partial charge in [0.2, 0.25) is 5.91 Å². The van der Waals surface area contributed by atoms with E-state index >= 15 is 0 Å². The summed E-state index contributed by atoms with van der Waals surface area (Å²) in [6.45, 7) is 3.70. The lowest BCUT2D eigenvalue weighted by Gasteiger charge is -2.25. The third-order valence-electron chi connectivity index (χ3n) is 5.19. The van der Waals surface area contributed by atoms with Crippen LogP contribution < -0.4 is 20.1 Å². The Labute approximate surface area is 196 Å². The van der Waals surface area contributed by atoms with Gasteiger partial charge in [-0.05, 0) is 43.7 Å². The predicted molar refractivity (Wildman–Crippen MR) is 130 cm³/mol. The summed E-state index contributed by atoms with van der Waals surface area (Å²) in [5.74, 6) is 0.307. The number of methoxy groups -OCH3 is 2. The molecular formula is C25H25BrN2O4. The van der Waals surface area contributed by atoms with Crippen LogP contribution in [-0.2, 0) is 10.2 Å². The van der Waals surface area contributed by atoms with Gasteiger partial charge in [0.25, 0.3) is 5.91 Å². The highest BCUT2D eigenvalue weighted by Gasteiger charge is 2.30. The highest BCUT2D eigenvalue weighted by Crippen LogP contribution is 2.38. The first kappa shape index (κ1) is 23.3. The summed E-state index contributed by atoms with van der Waals surface area (Å²) < 4.78 is 11.9. The van der Waals surface area contributed by atoms with Crippen LogP contribution in [-0.4, -0.2) is 26.0 Å². The number of halogens is 1. The molecule has 2 amide bonds. The van der Waals surface area contributed by atoms with E-state index in [0.29, 0.717) is 28.4 Å². The van der Waals surface area contributed by atoms with Gasteiger partial charge in [-0.1, -0.05) is 46.3 Å². The maximum absolute atomic E-state index is 13.1. The van der Waals surface area contributed by atoms with Gasteiger partial charge in [-0.2, -0.15) is 0 Å². The molecule has 0 aliphatic carbocycles. The van der Waals surface area contributed by atoms with Crippen LogP contribution in [0.15, 0.2) is 71.2 Å². The van der Waals surface area contributed by atoms with Crippen LogP contribution in [0.25, 0.3) is 0 Å². The lowest BCUT2D eigenvalue weighted by Crippen LogP contribution is -2.34. The molecule has 6 nitrogen and oxygen atoms in total. The van der Waals surface area contributed by atoms with Crippen LogP contribution in [0.2, 0.25) is 0 Å². The molecule has 0 saturated heterocycles. The number of amides is 2. The Morgan fingerprint density at radius 3 is 1.88 bits per heavy atom. The molecule has 0 aliphatic rings. The van der Waals surface area contributed by atoms with Gasteiger partial charge in [-0.25, -0.2) is 0 Å². The quantitative estimate of drug-likeness (QED) is 0.443. The molecule has 32 heavy (non-hydrogen) atoms. The number of rotatable bonds is 7. The van der Waals surface area contributed by atoms with E-state index in [0.717, 1.165) is 10.0 Å². The molecule has 0 spiro atoms. The Morgan fingerprint density at radius 1 is 0.812 bits per heavy atom. The number of carbonyl (C=O) groups excluding carboxylic acids is 2. The molecule has 7 heteroatoms. The summed E-state index contributed by atoms with van der Waals surface area (Å²) in [5.41, 5.74) is 1.47. The molecule has 3 aromatic carbocycles. The van der Waals surface area contributed by atoms with Crippen molar-refractivity contribution in [2.75, 3.05) is 24.9 Å². The SMILES string of the molecule is COc1cc(NC(=O)C(C)(C)c2ccc(Br)cc2)c(OC)cc1NC(=O)c1ccccc1. The molecule has 0 aliphatic heterocycles. The van der Waals surface area contributed by atoms with Gasteiger partial charge >= 0.3 is 0 Å². The van der Waals surface area contributed by atoms with Crippen LogP contribution in [0.1, 0.15) is 29.8 Å². The van der Waals surface area contributed by atoms with E-state index in [9.17, 15) is 9.59 Å². The standard InChI is InChI=1S/C25H25BrN2O4/c1-25(2,17-10-12-18(26)13-11-17)24(30)28-20-15-21(31-3)19(14-22(20)32-4)27-23(29)16-8-6-5-7-9-16/h5-15H,1-4H3,(H,27,29)(H,28,30). The van der Waals surface area contributed by atoms with Crippen molar-refractivity contribution in [3.8, 4) is 11.5 Å². The molecule has 0 saturated carbocycles. The summed E-state index contributed by atoms with van der Waals surface area (Å²) in [4.78, 5) is 25.7. The average Bonchev–Trinajstić information content (AvgIpc) is 2.80. The monoisotopic (exact) mass is 496 g/mol. The lowest BCUT2D eigenvalue weighted by atomic mass is 9.83. The van der Waals surface area contributed by atoms with Crippen LogP contribution in [0.4, 0.5) is 11.4 Å². The molecule has 0 aromatic heterocycles. The minimum Gasteiger partial charge on any atom is -0.494 e. The molecule has 166 valence electrons. The topological polar surface area (TPSA) is 76.7 Å². The second-order valence-corrected chi connectivity index (χ2v) is 8.57. The molecule has 2 N–H and O–H groups in total. The average molecular weight is 497 g/mol. The van der Waals surface area contributed by atoms with Crippen molar-refractivity contribution in [2.24, 2.45) is 0 Å². The largest absolute Gasteiger partial charge is 0.494 e. The minimum absolute atomic E-state index is 0.207. The number of benzene rings is 3. The van der Waals surface area contributed by atoms with Gasteiger partial charge in [0, 0.05) is 22.2 Å². The van der Waals surface area contributed by atoms with Crippen molar-refractivity contribution in [2.45, 2.75) is 19.3 Å². The van der Waals surface area contributed by atoms with Gasteiger partial charge in [0.15, 0.2) is 0 Å². The normalized spacial score (nSPS) is 10.9. The zero-order chi connectivity index (χ0) is 23.3. The first-order chi connectivity index (χ1) is 15.3. The second kappa shape index (κ2) is 9.87. The lowest BCUT2D eigenvalue weighted by molar-refractivity contribution is -0.120. The highest BCUT2D eigenvalue weighted by atomic mass is 79.9. The highest BCUT2D eigenvalue weighted by molar-refractivity contribution is 9.10. The molecular weight excluding hydrogens is 472 g/mol. The van der Waals surface area contributed by atoms with Crippen molar-refractivity contribution >= 4 is 39.1 Å². The smallest absolute Gasteiger partial charge is 0.255 e. The molecule has 0 heterocycles. The number of carbonyl (C=O) groups is 2. The Morgan fingerprint density at radius 2 is 1.34 bits per heavy atom. The third-order valence-corrected chi connectivity index (χ3v) is 5.72. The maximum Gasteiger partial charge on any atom is 0.255 e. The minimum atomic E-state index is -0.793. The Hall–Kier alpha value is -3.32. The van der Waals surface area contributed by atoms with Crippen molar-refractivity contribution in [1.29, 1.82) is 0 Å². The summed E-state index contributed by atoms with van der Waals surface area (Å²) in [6.07, 6.45) is 0. The molecule has 0 bridgehead atoms. The molecule has 0 atom stereocenters. The number of nitrogens with one attached hydrogen (secondary N) is 2. The van der Waals surface area contributed by atoms with E-state index in [1.54, 1.807) is 36.4 Å². The molecule has 3 aromatic rings. The first-order valence-corrected chi connectivity index (χ1v) is 10.8. The fourth-order valence-electron chi connectivity index (χ4n) is 3.15. The van der Waals surface area contributed by atoms with Crippen LogP contribution in [0, 0.1) is 0 Å². The Balaban J connectivity index is 1.87. The maximum atomic E-state index is 13.1. The van der Waals surface area contributed by atoms with Crippen molar-refractivity contribution < 1.29 is 19.1 Å². The molecule has 0 fully saturated rings. The number of ether oxygens (including phenoxy) is 2. The molecule has 0 unspecified atom stereocenters. The molecule has 3 rings (SSSR count). The third kappa shape index (κ3) is 5.11. The van der Waals surface area contributed by atoms with Crippen LogP contribution in [0.5, 0.6) is 11.5 Å². The van der Waals surface area contributed by atoms with E-state index in [2.05, 4.69) is 26.6 Å². The predicted octanol–water partition coefficient (Wildman–Crippen LogP) is 5.63. The first-order valence-electron chi connectivity index (χ1n) is 9.96. The summed E-state index contributed by atoms with van der Waals surface area (Å²) >= 11 is 3.42. The molecule has 0 radical (unpaired) electrons. The van der Waals surface area contributed by atoms with Gasteiger partial charge in [0.05, 0.1) is 31.0 Å². The van der Waals surface area contributed by atoms with Crippen molar-refractivity contribution in [3.63, 3.8) is 0 Å². The van der Waals surface area contributed by atoms with E-state index < -0.39 is 5.41 Å². The number of anilines is 2. The zero-order valence-electron chi connectivity index (χ0n) is 18.4. The van der Waals surface area contributed by atoms with Crippen LogP contribution in [0.3, 0.4) is 0 Å². The van der Waals surface area contributed by atoms with Crippen molar-refractivity contribution in [1.82, 2.24) is 0 Å². The van der Waals surface area contributed by atoms with E-state index in [1.807, 2.05) is 44.2 Å². The van der Waals surface area contributed by atoms with E-state index in [1.165, 1.54) is 14.2 Å². The summed E-state index contributed by atoms with van der Waals surface area (Å²) in [7, 11) is 3.00. The summed E-state index contributed by atoms with van der Waals surface area (Å²) in [6, 6.07) is 19.7. The number of hydrogen-bond donors (Lipinski definition) is 2. The number of hydrogen-bond acceptors (Lipinski definition) is 4. The van der Waals surface area contributed by atoms with Gasteiger partial charge in [-0.3, -0.25) is 9.59 Å². The Kier molecular flexibility index (Phi) is 7.20. The Bertz CT molecular complexity index is 1110. The van der Waals surface area contributed by atoms with E-state index in [-0.39, 0.29) is 11.8 Å². The second-order valence-electron chi connectivity index (χ2n) is 7.66.